The summed E-state index contributed by atoms with van der Waals surface area (Å²) in [5.41, 5.74) is 0. The molecule has 0 saturated carbocycles. The van der Waals surface area contributed by atoms with Crippen molar-refractivity contribution in [1.29, 1.82) is 0 Å². The molecule has 3 heteroatoms. The highest BCUT2D eigenvalue weighted by atomic mass is 32.1. The highest BCUT2D eigenvalue weighted by Crippen LogP contribution is 1.83. The number of thiol groups is 1. The summed E-state index contributed by atoms with van der Waals surface area (Å²) in [5.74, 6) is -0.111. The lowest BCUT2D eigenvalue weighted by Crippen LogP contribution is -1.96. The number of hydrogen-bond acceptors (Lipinski definition) is 2. The van der Waals surface area contributed by atoms with Gasteiger partial charge in [-0.05, 0) is 0 Å². The van der Waals surface area contributed by atoms with Crippen LogP contribution in [0, 0.1) is 0 Å². The van der Waals surface area contributed by atoms with Crippen LogP contribution in [0.2, 0.25) is 0 Å². The van der Waals surface area contributed by atoms with Crippen LogP contribution >= 0.6 is 12.6 Å². The van der Waals surface area contributed by atoms with Gasteiger partial charge >= 0.3 is 0 Å². The van der Waals surface area contributed by atoms with Crippen molar-refractivity contribution in [3.63, 3.8) is 0 Å². The summed E-state index contributed by atoms with van der Waals surface area (Å²) >= 11 is 3.39. The van der Waals surface area contributed by atoms with Gasteiger partial charge in [0.1, 0.15) is 0 Å². The minimum Gasteiger partial charge on any atom is -0.363 e. The van der Waals surface area contributed by atoms with E-state index in [9.17, 15) is 4.39 Å². The molecule has 1 nitrogen and oxygen atoms in total. The summed E-state index contributed by atoms with van der Waals surface area (Å²) in [4.78, 5) is 0. The highest BCUT2D eigenvalue weighted by Gasteiger charge is 1.88. The molecule has 0 aromatic heterocycles. The number of hydrogen-bond donors (Lipinski definition) is 2. The minimum absolute atomic E-state index is 0.111. The molecule has 0 aromatic rings. The average molecular weight is 96.1 g/mol. The third kappa shape index (κ3) is 4.24. The van der Waals surface area contributed by atoms with Gasteiger partial charge in [0.05, 0.1) is 0 Å². The first kappa shape index (κ1) is 5.24. The topological polar surface area (TPSA) is 20.2 Å². The Morgan fingerprint density at radius 2 is 2.20 bits per heavy atom. The molecule has 0 aliphatic carbocycles. The maximum atomic E-state index is 10.9. The lowest BCUT2D eigenvalue weighted by atomic mass is 10.8. The molecule has 0 bridgehead atoms. The van der Waals surface area contributed by atoms with Crippen LogP contribution in [0.1, 0.15) is 0 Å². The third-order valence-corrected chi connectivity index (χ3v) is 0.452. The molecule has 0 aromatic carbocycles. The van der Waals surface area contributed by atoms with Gasteiger partial charge in [-0.1, -0.05) is 0 Å². The molecule has 5 heavy (non-hydrogen) atoms. The Balaban J connectivity index is 2.54. The highest BCUT2D eigenvalue weighted by molar-refractivity contribution is 7.80. The molecule has 0 fully saturated rings. The van der Waals surface area contributed by atoms with E-state index in [-0.39, 0.29) is 5.75 Å². The number of rotatable bonds is 1. The summed E-state index contributed by atoms with van der Waals surface area (Å²) in [6, 6.07) is 0. The Morgan fingerprint density at radius 3 is 2.20 bits per heavy atom. The van der Waals surface area contributed by atoms with E-state index in [1.165, 1.54) is 0 Å². The maximum absolute atomic E-state index is 10.9. The van der Waals surface area contributed by atoms with Crippen molar-refractivity contribution in [2.75, 3.05) is 5.75 Å². The van der Waals surface area contributed by atoms with Crippen LogP contribution < -0.4 is 0 Å². The average Bonchev–Trinajstić information content (AvgIpc) is 1.38. The Hall–Kier alpha value is 0.240. The van der Waals surface area contributed by atoms with Gasteiger partial charge in [-0.3, -0.25) is 0 Å². The Morgan fingerprint density at radius 1 is 2.00 bits per heavy atom. The molecule has 1 unspecified atom stereocenters. The zero-order valence-corrected chi connectivity index (χ0v) is 3.45. The van der Waals surface area contributed by atoms with Gasteiger partial charge in [-0.2, -0.15) is 12.6 Å². The molecule has 0 saturated heterocycles. The smallest absolute Gasteiger partial charge is 0.205 e. The van der Waals surface area contributed by atoms with Crippen molar-refractivity contribution in [1.82, 2.24) is 0 Å². The van der Waals surface area contributed by atoms with Crippen molar-refractivity contribution < 1.29 is 9.50 Å². The lowest BCUT2D eigenvalue weighted by molar-refractivity contribution is 0.0656. The minimum atomic E-state index is -1.75. The van der Waals surface area contributed by atoms with Gasteiger partial charge in [0.2, 0.25) is 6.36 Å². The number of aliphatic hydroxyl groups is 1. The SMILES string of the molecule is OC(F)CS. The third-order valence-electron chi connectivity index (χ3n) is 0.151. The van der Waals surface area contributed by atoms with E-state index in [0.717, 1.165) is 0 Å². The second-order valence-electron chi connectivity index (χ2n) is 0.617. The summed E-state index contributed by atoms with van der Waals surface area (Å²) in [6.07, 6.45) is -1.75. The van der Waals surface area contributed by atoms with E-state index < -0.39 is 6.36 Å². The maximum Gasteiger partial charge on any atom is 0.205 e. The van der Waals surface area contributed by atoms with Crippen molar-refractivity contribution in [3.05, 3.63) is 0 Å². The molecule has 0 radical (unpaired) electrons. The predicted molar refractivity (Wildman–Crippen MR) is 21.0 cm³/mol. The first-order valence-electron chi connectivity index (χ1n) is 1.20. The molecule has 1 N–H and O–H groups in total. The van der Waals surface area contributed by atoms with Crippen LogP contribution in [-0.2, 0) is 0 Å². The largest absolute Gasteiger partial charge is 0.363 e. The van der Waals surface area contributed by atoms with E-state index in [2.05, 4.69) is 12.6 Å². The van der Waals surface area contributed by atoms with Gasteiger partial charge in [0.15, 0.2) is 0 Å². The predicted octanol–water partition coefficient (Wildman–Crippen LogP) is 0.204. The molecule has 0 spiro atoms. The summed E-state index contributed by atoms with van der Waals surface area (Å²) in [7, 11) is 0. The van der Waals surface area contributed by atoms with Gasteiger partial charge in [-0.25, -0.2) is 4.39 Å². The fraction of sp³-hybridized carbons (Fsp3) is 1.00. The van der Waals surface area contributed by atoms with Gasteiger partial charge in [0.25, 0.3) is 0 Å². The van der Waals surface area contributed by atoms with Crippen LogP contribution in [0.15, 0.2) is 0 Å². The fourth-order valence-corrected chi connectivity index (χ4v) is 0. The molecular weight excluding hydrogens is 91.1 g/mol. The van der Waals surface area contributed by atoms with E-state index in [0.29, 0.717) is 0 Å². The number of aliphatic hydroxyl groups excluding tert-OH is 1. The van der Waals surface area contributed by atoms with E-state index in [4.69, 9.17) is 5.11 Å². The van der Waals surface area contributed by atoms with Crippen molar-refractivity contribution in [3.8, 4) is 0 Å². The van der Waals surface area contributed by atoms with Gasteiger partial charge < -0.3 is 5.11 Å². The summed E-state index contributed by atoms with van der Waals surface area (Å²) < 4.78 is 10.9. The van der Waals surface area contributed by atoms with Crippen molar-refractivity contribution in [2.24, 2.45) is 0 Å². The van der Waals surface area contributed by atoms with Crippen LogP contribution in [0.3, 0.4) is 0 Å². The standard InChI is InChI=1S/C2H5FOS/c3-2(4)1-5/h2,4-5H,1H2. The zero-order valence-electron chi connectivity index (χ0n) is 2.56. The molecule has 0 rings (SSSR count). The normalized spacial score (nSPS) is 15.0. The molecule has 0 amide bonds. The number of alkyl halides is 1. The van der Waals surface area contributed by atoms with E-state index in [1.54, 1.807) is 0 Å². The Kier molecular flexibility index (Phi) is 2.59. The second-order valence-corrected chi connectivity index (χ2v) is 0.982. The van der Waals surface area contributed by atoms with Crippen LogP contribution in [0.25, 0.3) is 0 Å². The van der Waals surface area contributed by atoms with Crippen LogP contribution in [0.5, 0.6) is 0 Å². The van der Waals surface area contributed by atoms with Crippen molar-refractivity contribution in [2.45, 2.75) is 6.36 Å². The Bertz CT molecular complexity index is 23.6. The van der Waals surface area contributed by atoms with Crippen molar-refractivity contribution >= 4 is 12.6 Å². The molecule has 32 valence electrons. The molecular formula is C2H5FOS. The second kappa shape index (κ2) is 2.48. The molecule has 0 aliphatic heterocycles. The molecule has 0 heterocycles. The molecule has 0 aliphatic rings. The van der Waals surface area contributed by atoms with Crippen LogP contribution in [-0.4, -0.2) is 17.2 Å². The van der Waals surface area contributed by atoms with E-state index in [1.807, 2.05) is 0 Å². The number of halogens is 1. The Labute approximate surface area is 35.2 Å². The molecule has 1 atom stereocenters. The quantitative estimate of drug-likeness (QED) is 0.447. The van der Waals surface area contributed by atoms with Crippen LogP contribution in [0.4, 0.5) is 4.39 Å². The lowest BCUT2D eigenvalue weighted by Gasteiger charge is -1.85. The van der Waals surface area contributed by atoms with E-state index >= 15 is 0 Å². The fourth-order valence-electron chi connectivity index (χ4n) is 0. The zero-order chi connectivity index (χ0) is 4.28. The van der Waals surface area contributed by atoms with Gasteiger partial charge in [-0.15, -0.1) is 0 Å². The summed E-state index contributed by atoms with van der Waals surface area (Å²) in [5, 5.41) is 7.62. The van der Waals surface area contributed by atoms with Gasteiger partial charge in [0, 0.05) is 5.75 Å². The first-order chi connectivity index (χ1) is 2.27. The first-order valence-corrected chi connectivity index (χ1v) is 1.83. The monoisotopic (exact) mass is 96.0 g/mol. The summed E-state index contributed by atoms with van der Waals surface area (Å²) in [6.45, 7) is 0.